The van der Waals surface area contributed by atoms with Crippen molar-refractivity contribution in [3.8, 4) is 34.5 Å². The Kier molecular flexibility index (Phi) is 15.2. The summed E-state index contributed by atoms with van der Waals surface area (Å²) in [4.78, 5) is 0. The number of benzene rings is 6. The van der Waals surface area contributed by atoms with Crippen molar-refractivity contribution < 1.29 is 30.6 Å². The number of phenolic OH excluding ortho intramolecular Hbond substituents is 6. The lowest BCUT2D eigenvalue weighted by atomic mass is 9.75. The Morgan fingerprint density at radius 2 is 0.548 bits per heavy atom. The van der Waals surface area contributed by atoms with Gasteiger partial charge in [-0.15, -0.1) is 0 Å². The SMILES string of the molecule is Cc1cc(O)c(C2CCCCC2)cc1C(c1cc(C2CCCCC2)c(O)cc1C)c1ccc(Cc2ccc(C(c3cc(C4CCCCC4)c(O)cc3C)c3cc(C4CCCCC4)c(O)cc3C)c(O)c2)cc1O. The topological polar surface area (TPSA) is 121 Å². The van der Waals surface area contributed by atoms with E-state index >= 15 is 0 Å². The maximum absolute atomic E-state index is 12.4. The number of aromatic hydroxyl groups is 6. The van der Waals surface area contributed by atoms with Crippen molar-refractivity contribution in [3.05, 3.63) is 174 Å². The summed E-state index contributed by atoms with van der Waals surface area (Å²) >= 11 is 0. The van der Waals surface area contributed by atoms with Crippen LogP contribution in [0.25, 0.3) is 0 Å². The summed E-state index contributed by atoms with van der Waals surface area (Å²) in [5, 5.41) is 70.5. The molecule has 4 aliphatic carbocycles. The molecule has 10 rings (SSSR count). The molecule has 0 amide bonds. The van der Waals surface area contributed by atoms with E-state index in [9.17, 15) is 30.6 Å². The predicted molar refractivity (Wildman–Crippen MR) is 296 cm³/mol. The van der Waals surface area contributed by atoms with Crippen LogP contribution >= 0.6 is 0 Å². The highest BCUT2D eigenvalue weighted by Gasteiger charge is 2.32. The van der Waals surface area contributed by atoms with Gasteiger partial charge in [0.1, 0.15) is 34.5 Å². The van der Waals surface area contributed by atoms with Gasteiger partial charge in [-0.3, -0.25) is 0 Å². The Morgan fingerprint density at radius 3 is 0.781 bits per heavy atom. The van der Waals surface area contributed by atoms with Gasteiger partial charge in [-0.2, -0.15) is 0 Å². The first-order valence-corrected chi connectivity index (χ1v) is 28.3. The van der Waals surface area contributed by atoms with Crippen LogP contribution in [0, 0.1) is 27.7 Å². The van der Waals surface area contributed by atoms with Crippen molar-refractivity contribution in [1.82, 2.24) is 0 Å². The standard InChI is InChI=1S/C67H80O6/c1-40-29-60(68)56(46-17-9-5-10-18-46)36-52(40)66(53-37-57(61(69)30-41(53)2)47-19-11-6-12-20-47)50-27-25-44(34-64(50)72)33-45-26-28-51(65(73)35-45)67(54-38-58(62(70)31-42(54)3)48-21-13-7-14-22-48)55-39-59(63(71)32-43(55)4)49-23-15-8-16-24-49/h25-32,34-39,46-49,66-73H,5-24,33H2,1-4H3. The molecule has 0 unspecified atom stereocenters. The third-order valence-corrected chi connectivity index (χ3v) is 18.3. The molecule has 4 saturated carbocycles. The monoisotopic (exact) mass is 981 g/mol. The van der Waals surface area contributed by atoms with E-state index in [1.807, 2.05) is 36.4 Å². The predicted octanol–water partition coefficient (Wildman–Crippen LogP) is 17.3. The summed E-state index contributed by atoms with van der Waals surface area (Å²) in [5.74, 6) is 2.24. The maximum Gasteiger partial charge on any atom is 0.120 e. The molecule has 0 atom stereocenters. The number of phenols is 6. The second-order valence-corrected chi connectivity index (χ2v) is 23.2. The zero-order chi connectivity index (χ0) is 50.9. The van der Waals surface area contributed by atoms with Crippen molar-refractivity contribution in [3.63, 3.8) is 0 Å². The van der Waals surface area contributed by atoms with Crippen LogP contribution in [0.2, 0.25) is 0 Å². The maximum atomic E-state index is 12.4. The normalized spacial score (nSPS) is 17.7. The van der Waals surface area contributed by atoms with Crippen LogP contribution in [-0.2, 0) is 6.42 Å². The molecule has 6 N–H and O–H groups in total. The minimum atomic E-state index is -0.343. The van der Waals surface area contributed by atoms with E-state index in [0.29, 0.717) is 29.4 Å². The van der Waals surface area contributed by atoms with E-state index < -0.39 is 0 Å². The molecule has 6 aromatic rings. The van der Waals surface area contributed by atoms with Crippen LogP contribution in [0.4, 0.5) is 0 Å². The third kappa shape index (κ3) is 10.6. The highest BCUT2D eigenvalue weighted by atomic mass is 16.3. The van der Waals surface area contributed by atoms with Crippen molar-refractivity contribution in [2.45, 2.75) is 198 Å². The second kappa shape index (κ2) is 21.9. The zero-order valence-electron chi connectivity index (χ0n) is 44.1. The molecule has 0 aliphatic heterocycles. The van der Waals surface area contributed by atoms with Crippen LogP contribution < -0.4 is 0 Å². The number of hydrogen-bond donors (Lipinski definition) is 6. The van der Waals surface area contributed by atoms with Crippen molar-refractivity contribution in [1.29, 1.82) is 0 Å². The van der Waals surface area contributed by atoms with E-state index in [1.165, 1.54) is 25.7 Å². The quantitative estimate of drug-likeness (QED) is 0.0680. The molecule has 384 valence electrons. The van der Waals surface area contributed by atoms with E-state index in [4.69, 9.17) is 0 Å². The van der Waals surface area contributed by atoms with E-state index in [1.54, 1.807) is 0 Å². The summed E-state index contributed by atoms with van der Waals surface area (Å²) in [6.07, 6.45) is 23.0. The van der Waals surface area contributed by atoms with Crippen molar-refractivity contribution in [2.24, 2.45) is 0 Å². The largest absolute Gasteiger partial charge is 0.508 e. The van der Waals surface area contributed by atoms with Gasteiger partial charge in [-0.05, 0) is 223 Å². The van der Waals surface area contributed by atoms with E-state index in [-0.39, 0.29) is 47.0 Å². The molecule has 4 fully saturated rings. The first-order chi connectivity index (χ1) is 35.3. The highest BCUT2D eigenvalue weighted by molar-refractivity contribution is 5.61. The summed E-state index contributed by atoms with van der Waals surface area (Å²) < 4.78 is 0. The molecule has 6 nitrogen and oxygen atoms in total. The van der Waals surface area contributed by atoms with Crippen LogP contribution in [0.15, 0.2) is 84.9 Å². The first kappa shape index (κ1) is 50.6. The Morgan fingerprint density at radius 1 is 0.301 bits per heavy atom. The first-order valence-electron chi connectivity index (χ1n) is 28.3. The number of aryl methyl sites for hydroxylation is 4. The van der Waals surface area contributed by atoms with Gasteiger partial charge >= 0.3 is 0 Å². The molecule has 4 aliphatic rings. The minimum absolute atomic E-state index is 0.190. The lowest BCUT2D eigenvalue weighted by Crippen LogP contribution is -2.13. The fourth-order valence-electron chi connectivity index (χ4n) is 14.2. The molecular formula is C67H80O6. The van der Waals surface area contributed by atoms with Crippen molar-refractivity contribution in [2.75, 3.05) is 0 Å². The third-order valence-electron chi connectivity index (χ3n) is 18.3. The molecule has 0 heterocycles. The van der Waals surface area contributed by atoms with Gasteiger partial charge < -0.3 is 30.6 Å². The smallest absolute Gasteiger partial charge is 0.120 e. The Balaban J connectivity index is 1.03. The molecule has 0 aromatic heterocycles. The minimum Gasteiger partial charge on any atom is -0.508 e. The molecule has 0 radical (unpaired) electrons. The van der Waals surface area contributed by atoms with Crippen LogP contribution in [-0.4, -0.2) is 30.6 Å². The Bertz CT molecular complexity index is 2590. The highest BCUT2D eigenvalue weighted by Crippen LogP contribution is 2.50. The second-order valence-electron chi connectivity index (χ2n) is 23.2. The molecule has 6 heteroatoms. The molecule has 6 aromatic carbocycles. The van der Waals surface area contributed by atoms with Crippen LogP contribution in [0.1, 0.15) is 253 Å². The molecule has 0 bridgehead atoms. The van der Waals surface area contributed by atoms with Gasteiger partial charge in [0.25, 0.3) is 0 Å². The van der Waals surface area contributed by atoms with Gasteiger partial charge in [-0.1, -0.05) is 126 Å². The lowest BCUT2D eigenvalue weighted by Gasteiger charge is -2.29. The number of hydrogen-bond acceptors (Lipinski definition) is 6. The van der Waals surface area contributed by atoms with Gasteiger partial charge in [0.05, 0.1) is 0 Å². The van der Waals surface area contributed by atoms with Gasteiger partial charge in [0, 0.05) is 23.0 Å². The molecular weight excluding hydrogens is 901 g/mol. The van der Waals surface area contributed by atoms with E-state index in [2.05, 4.69) is 76.2 Å². The average molecular weight is 981 g/mol. The fourth-order valence-corrected chi connectivity index (χ4v) is 14.2. The lowest BCUT2D eigenvalue weighted by molar-refractivity contribution is 0.412. The fraction of sp³-hybridized carbons (Fsp3) is 0.463. The van der Waals surface area contributed by atoms with Gasteiger partial charge in [0.15, 0.2) is 0 Å². The van der Waals surface area contributed by atoms with Gasteiger partial charge in [-0.25, -0.2) is 0 Å². The summed E-state index contributed by atoms with van der Waals surface area (Å²) in [6, 6.07) is 28.7. The van der Waals surface area contributed by atoms with Crippen molar-refractivity contribution >= 4 is 0 Å². The number of rotatable bonds is 12. The summed E-state index contributed by atoms with van der Waals surface area (Å²) in [5.41, 5.74) is 15.5. The molecule has 0 spiro atoms. The molecule has 73 heavy (non-hydrogen) atoms. The molecule has 0 saturated heterocycles. The Hall–Kier alpha value is -5.88. The average Bonchev–Trinajstić information content (AvgIpc) is 3.38. The van der Waals surface area contributed by atoms with Crippen LogP contribution in [0.3, 0.4) is 0 Å². The summed E-state index contributed by atoms with van der Waals surface area (Å²) in [6.45, 7) is 8.25. The van der Waals surface area contributed by atoms with Gasteiger partial charge in [0.2, 0.25) is 0 Å². The summed E-state index contributed by atoms with van der Waals surface area (Å²) in [7, 11) is 0. The zero-order valence-corrected chi connectivity index (χ0v) is 44.1. The van der Waals surface area contributed by atoms with E-state index in [0.717, 1.165) is 192 Å². The Labute approximate surface area is 435 Å². The van der Waals surface area contributed by atoms with Crippen LogP contribution in [0.5, 0.6) is 34.5 Å².